The van der Waals surface area contributed by atoms with Crippen LogP contribution < -0.4 is 20.3 Å². The number of halogens is 1. The summed E-state index contributed by atoms with van der Waals surface area (Å²) in [6.45, 7) is 4.54. The molecule has 3 amide bonds. The second-order valence-electron chi connectivity index (χ2n) is 8.44. The molecule has 0 fully saturated rings. The summed E-state index contributed by atoms with van der Waals surface area (Å²) in [4.78, 5) is 51.9. The number of hydrogen-bond acceptors (Lipinski definition) is 7. The third kappa shape index (κ3) is 6.27. The third-order valence-corrected chi connectivity index (χ3v) is 5.97. The van der Waals surface area contributed by atoms with E-state index in [0.717, 1.165) is 4.90 Å². The van der Waals surface area contributed by atoms with Gasteiger partial charge >= 0.3 is 5.97 Å². The van der Waals surface area contributed by atoms with E-state index in [9.17, 15) is 19.2 Å². The molecule has 1 aliphatic rings. The van der Waals surface area contributed by atoms with Crippen LogP contribution in [-0.2, 0) is 14.3 Å². The zero-order valence-corrected chi connectivity index (χ0v) is 22.1. The van der Waals surface area contributed by atoms with Gasteiger partial charge in [-0.3, -0.25) is 14.4 Å². The Morgan fingerprint density at radius 2 is 1.54 bits per heavy atom. The lowest BCUT2D eigenvalue weighted by molar-refractivity contribution is -0.120. The highest BCUT2D eigenvalue weighted by atomic mass is 35.5. The van der Waals surface area contributed by atoms with E-state index in [1.807, 2.05) is 13.8 Å². The minimum atomic E-state index is -0.667. The van der Waals surface area contributed by atoms with Crippen molar-refractivity contribution < 1.29 is 28.7 Å². The van der Waals surface area contributed by atoms with E-state index in [2.05, 4.69) is 10.6 Å². The molecule has 1 aliphatic heterocycles. The smallest absolute Gasteiger partial charge is 0.338 e. The molecule has 0 atom stereocenters. The Morgan fingerprint density at radius 3 is 2.23 bits per heavy atom. The lowest BCUT2D eigenvalue weighted by Crippen LogP contribution is -2.32. The molecular formula is C29H26ClN3O6. The highest BCUT2D eigenvalue weighted by Gasteiger charge is 2.39. The molecule has 0 bridgehead atoms. The molecule has 0 aliphatic carbocycles. The summed E-state index contributed by atoms with van der Waals surface area (Å²) in [5.74, 6) is -1.60. The topological polar surface area (TPSA) is 114 Å². The van der Waals surface area contributed by atoms with Crippen molar-refractivity contribution in [3.63, 3.8) is 0 Å². The molecule has 3 aromatic rings. The molecule has 0 unspecified atom stereocenters. The van der Waals surface area contributed by atoms with Crippen LogP contribution in [0.4, 0.5) is 17.1 Å². The van der Waals surface area contributed by atoms with Crippen molar-refractivity contribution in [1.29, 1.82) is 0 Å². The first-order chi connectivity index (χ1) is 18.8. The molecule has 2 N–H and O–H groups in total. The van der Waals surface area contributed by atoms with Gasteiger partial charge in [-0.25, -0.2) is 9.69 Å². The van der Waals surface area contributed by atoms with Gasteiger partial charge in [-0.1, -0.05) is 30.7 Å². The Morgan fingerprint density at radius 1 is 0.872 bits per heavy atom. The van der Waals surface area contributed by atoms with Crippen LogP contribution in [0.15, 0.2) is 83.5 Å². The number of hydrogen-bond donors (Lipinski definition) is 2. The maximum atomic E-state index is 13.1. The number of nitrogens with zero attached hydrogens (tertiary/aromatic N) is 1. The zero-order chi connectivity index (χ0) is 27.9. The summed E-state index contributed by atoms with van der Waals surface area (Å²) >= 11 is 6.24. The monoisotopic (exact) mass is 547 g/mol. The van der Waals surface area contributed by atoms with Gasteiger partial charge in [-0.2, -0.15) is 0 Å². The molecule has 0 spiro atoms. The van der Waals surface area contributed by atoms with Crippen LogP contribution in [0.1, 0.15) is 41.0 Å². The largest absolute Gasteiger partial charge is 0.494 e. The lowest BCUT2D eigenvalue weighted by Gasteiger charge is -2.16. The summed E-state index contributed by atoms with van der Waals surface area (Å²) < 4.78 is 10.5. The first-order valence-corrected chi connectivity index (χ1v) is 12.7. The predicted molar refractivity (Wildman–Crippen MR) is 148 cm³/mol. The van der Waals surface area contributed by atoms with E-state index in [-0.39, 0.29) is 16.3 Å². The summed E-state index contributed by atoms with van der Waals surface area (Å²) in [6, 6.07) is 19.3. The van der Waals surface area contributed by atoms with Crippen molar-refractivity contribution in [2.75, 3.05) is 28.7 Å². The van der Waals surface area contributed by atoms with Gasteiger partial charge in [-0.05, 0) is 74.0 Å². The SMILES string of the molecule is CCCOC(=O)c1cccc(NC(=O)c2cccc(NC3=C(Cl)C(=O)N(c4ccc(OCC)cc4)C3=O)c2)c1. The zero-order valence-electron chi connectivity index (χ0n) is 21.3. The summed E-state index contributed by atoms with van der Waals surface area (Å²) in [7, 11) is 0. The van der Waals surface area contributed by atoms with Crippen LogP contribution in [0.2, 0.25) is 0 Å². The number of ether oxygens (including phenoxy) is 2. The van der Waals surface area contributed by atoms with Gasteiger partial charge in [0, 0.05) is 16.9 Å². The fourth-order valence-electron chi connectivity index (χ4n) is 3.79. The van der Waals surface area contributed by atoms with Crippen molar-refractivity contribution in [1.82, 2.24) is 0 Å². The Labute approximate surface area is 230 Å². The minimum Gasteiger partial charge on any atom is -0.494 e. The number of nitrogens with one attached hydrogen (secondary N) is 2. The molecular weight excluding hydrogens is 522 g/mol. The van der Waals surface area contributed by atoms with Crippen molar-refractivity contribution in [3.8, 4) is 5.75 Å². The standard InChI is InChI=1S/C29H26ClN3O6/c1-3-15-39-29(37)19-8-6-10-21(17-19)32-26(34)18-7-5-9-20(16-18)31-25-24(30)27(35)33(28(25)36)22-11-13-23(14-12-22)38-4-2/h5-14,16-17,31H,3-4,15H2,1-2H3,(H,32,34). The molecule has 0 aromatic heterocycles. The van der Waals surface area contributed by atoms with Gasteiger partial charge in [-0.15, -0.1) is 0 Å². The molecule has 10 heteroatoms. The second-order valence-corrected chi connectivity index (χ2v) is 8.82. The minimum absolute atomic E-state index is 0.105. The molecule has 1 heterocycles. The number of carbonyl (C=O) groups excluding carboxylic acids is 4. The van der Waals surface area contributed by atoms with Crippen LogP contribution in [0.5, 0.6) is 5.75 Å². The van der Waals surface area contributed by atoms with Crippen LogP contribution in [0.25, 0.3) is 0 Å². The van der Waals surface area contributed by atoms with Gasteiger partial charge in [0.25, 0.3) is 17.7 Å². The molecule has 0 radical (unpaired) electrons. The van der Waals surface area contributed by atoms with Gasteiger partial charge < -0.3 is 20.1 Å². The summed E-state index contributed by atoms with van der Waals surface area (Å²) in [5.41, 5.74) is 1.62. The summed E-state index contributed by atoms with van der Waals surface area (Å²) in [6.07, 6.45) is 0.702. The fraction of sp³-hybridized carbons (Fsp3) is 0.172. The molecule has 4 rings (SSSR count). The van der Waals surface area contributed by atoms with Gasteiger partial charge in [0.15, 0.2) is 0 Å². The van der Waals surface area contributed by atoms with Crippen LogP contribution in [-0.4, -0.2) is 36.9 Å². The Hall–Kier alpha value is -4.63. The Balaban J connectivity index is 1.47. The number of rotatable bonds is 10. The Kier molecular flexibility index (Phi) is 8.63. The first kappa shape index (κ1) is 27.4. The second kappa shape index (κ2) is 12.3. The Bertz CT molecular complexity index is 1450. The van der Waals surface area contributed by atoms with Crippen LogP contribution >= 0.6 is 11.6 Å². The van der Waals surface area contributed by atoms with Gasteiger partial charge in [0.05, 0.1) is 24.5 Å². The molecule has 0 saturated carbocycles. The van der Waals surface area contributed by atoms with Crippen LogP contribution in [0.3, 0.4) is 0 Å². The molecule has 0 saturated heterocycles. The normalized spacial score (nSPS) is 12.9. The van der Waals surface area contributed by atoms with Gasteiger partial charge in [0.2, 0.25) is 0 Å². The lowest BCUT2D eigenvalue weighted by atomic mass is 10.1. The van der Waals surface area contributed by atoms with E-state index in [1.165, 1.54) is 12.1 Å². The van der Waals surface area contributed by atoms with E-state index >= 15 is 0 Å². The average Bonchev–Trinajstić information content (AvgIpc) is 3.15. The first-order valence-electron chi connectivity index (χ1n) is 12.3. The average molecular weight is 548 g/mol. The van der Waals surface area contributed by atoms with Crippen LogP contribution in [0, 0.1) is 0 Å². The predicted octanol–water partition coefficient (Wildman–Crippen LogP) is 5.34. The number of anilines is 3. The van der Waals surface area contributed by atoms with Crippen molar-refractivity contribution in [2.45, 2.75) is 20.3 Å². The number of amides is 3. The van der Waals surface area contributed by atoms with Gasteiger partial charge in [0.1, 0.15) is 16.5 Å². The molecule has 39 heavy (non-hydrogen) atoms. The number of carbonyl (C=O) groups is 4. The van der Waals surface area contributed by atoms with Crippen molar-refractivity contribution >= 4 is 52.4 Å². The number of esters is 1. The van der Waals surface area contributed by atoms with E-state index in [1.54, 1.807) is 60.7 Å². The molecule has 200 valence electrons. The maximum Gasteiger partial charge on any atom is 0.338 e. The van der Waals surface area contributed by atoms with E-state index in [0.29, 0.717) is 48.0 Å². The highest BCUT2D eigenvalue weighted by Crippen LogP contribution is 2.31. The molecule has 9 nitrogen and oxygen atoms in total. The summed E-state index contributed by atoms with van der Waals surface area (Å²) in [5, 5.41) is 5.35. The fourth-order valence-corrected chi connectivity index (χ4v) is 4.00. The van der Waals surface area contributed by atoms with Crippen molar-refractivity contribution in [3.05, 3.63) is 94.7 Å². The van der Waals surface area contributed by atoms with Crippen molar-refractivity contribution in [2.24, 2.45) is 0 Å². The quantitative estimate of drug-likeness (QED) is 0.260. The maximum absolute atomic E-state index is 13.1. The number of benzene rings is 3. The highest BCUT2D eigenvalue weighted by molar-refractivity contribution is 6.53. The van der Waals surface area contributed by atoms with E-state index in [4.69, 9.17) is 21.1 Å². The van der Waals surface area contributed by atoms with E-state index < -0.39 is 23.7 Å². The number of imide groups is 1. The third-order valence-electron chi connectivity index (χ3n) is 5.62. The molecule has 3 aromatic carbocycles.